The van der Waals surface area contributed by atoms with Gasteiger partial charge in [-0.3, -0.25) is 9.59 Å². The van der Waals surface area contributed by atoms with Crippen LogP contribution in [0.25, 0.3) is 0 Å². The van der Waals surface area contributed by atoms with Crippen LogP contribution >= 0.6 is 0 Å². The fourth-order valence-corrected chi connectivity index (χ4v) is 4.73. The summed E-state index contributed by atoms with van der Waals surface area (Å²) in [5.74, 6) is -2.60. The zero-order valence-corrected chi connectivity index (χ0v) is 21.1. The molecule has 9 nitrogen and oxygen atoms in total. The smallest absolute Gasteiger partial charge is 0.336 e. The van der Waals surface area contributed by atoms with E-state index in [2.05, 4.69) is 5.32 Å². The molecule has 3 atom stereocenters. The van der Waals surface area contributed by atoms with Crippen molar-refractivity contribution in [3.05, 3.63) is 46.3 Å². The standard InChI is InChI=1S/C26H33NO8/c1-7-34-10-11-35-26(30)21-15(3)27-18-12-14(2)20(25(29)33-6)24(28)23(18)22(21)17-9-8-16(31-4)13-19(17)32-5/h8-9,13-14,20,22,27H,7,10-12H2,1-6H3/t14-,20-,22+/m0/s1. The predicted octanol–water partition coefficient (Wildman–Crippen LogP) is 2.90. The van der Waals surface area contributed by atoms with Crippen LogP contribution in [0.4, 0.5) is 0 Å². The second-order valence-corrected chi connectivity index (χ2v) is 8.48. The van der Waals surface area contributed by atoms with Crippen LogP contribution < -0.4 is 14.8 Å². The normalized spacial score (nSPS) is 21.8. The van der Waals surface area contributed by atoms with Crippen LogP contribution in [0.15, 0.2) is 40.7 Å². The molecule has 1 aromatic carbocycles. The first-order valence-electron chi connectivity index (χ1n) is 11.6. The summed E-state index contributed by atoms with van der Waals surface area (Å²) in [4.78, 5) is 39.7. The molecule has 1 aliphatic heterocycles. The maximum Gasteiger partial charge on any atom is 0.336 e. The summed E-state index contributed by atoms with van der Waals surface area (Å²) in [6.45, 7) is 6.29. The van der Waals surface area contributed by atoms with E-state index in [4.69, 9.17) is 23.7 Å². The number of Topliss-reactive ketones (excluding diaryl/α,β-unsaturated/α-hetero) is 1. The van der Waals surface area contributed by atoms with E-state index in [9.17, 15) is 14.4 Å². The predicted molar refractivity (Wildman–Crippen MR) is 127 cm³/mol. The van der Waals surface area contributed by atoms with Gasteiger partial charge in [0.25, 0.3) is 0 Å². The van der Waals surface area contributed by atoms with Crippen LogP contribution in [-0.2, 0) is 28.6 Å². The average Bonchev–Trinajstić information content (AvgIpc) is 2.84. The molecule has 0 saturated heterocycles. The minimum atomic E-state index is -0.971. The summed E-state index contributed by atoms with van der Waals surface area (Å²) in [6, 6.07) is 5.19. The number of benzene rings is 1. The maximum absolute atomic E-state index is 13.8. The molecule has 1 heterocycles. The van der Waals surface area contributed by atoms with Gasteiger partial charge in [-0.15, -0.1) is 0 Å². The van der Waals surface area contributed by atoms with E-state index < -0.39 is 23.8 Å². The number of ketones is 1. The minimum Gasteiger partial charge on any atom is -0.497 e. The van der Waals surface area contributed by atoms with Crippen molar-refractivity contribution in [2.45, 2.75) is 33.1 Å². The van der Waals surface area contributed by atoms with Crippen molar-refractivity contribution < 1.29 is 38.1 Å². The second kappa shape index (κ2) is 11.4. The maximum atomic E-state index is 13.8. The number of carbonyl (C=O) groups is 3. The summed E-state index contributed by atoms with van der Waals surface area (Å²) in [7, 11) is 4.31. The molecule has 3 rings (SSSR count). The van der Waals surface area contributed by atoms with Gasteiger partial charge in [0.1, 0.15) is 24.0 Å². The highest BCUT2D eigenvalue weighted by molar-refractivity contribution is 6.12. The number of ether oxygens (including phenoxy) is 5. The van der Waals surface area contributed by atoms with Crippen molar-refractivity contribution in [1.82, 2.24) is 5.32 Å². The Kier molecular flexibility index (Phi) is 8.56. The molecule has 0 radical (unpaired) electrons. The van der Waals surface area contributed by atoms with E-state index >= 15 is 0 Å². The van der Waals surface area contributed by atoms with Crippen LogP contribution in [0.2, 0.25) is 0 Å². The molecule has 190 valence electrons. The highest BCUT2D eigenvalue weighted by Gasteiger charge is 2.47. The third-order valence-corrected chi connectivity index (χ3v) is 6.38. The van der Waals surface area contributed by atoms with Gasteiger partial charge >= 0.3 is 11.9 Å². The number of rotatable bonds is 9. The lowest BCUT2D eigenvalue weighted by Gasteiger charge is -2.38. The van der Waals surface area contributed by atoms with Gasteiger partial charge < -0.3 is 29.0 Å². The molecule has 0 saturated carbocycles. The van der Waals surface area contributed by atoms with Crippen molar-refractivity contribution in [2.24, 2.45) is 11.8 Å². The van der Waals surface area contributed by atoms with Gasteiger partial charge in [0.15, 0.2) is 5.78 Å². The van der Waals surface area contributed by atoms with Crippen molar-refractivity contribution >= 4 is 17.7 Å². The molecule has 0 unspecified atom stereocenters. The quantitative estimate of drug-likeness (QED) is 0.319. The van der Waals surface area contributed by atoms with Gasteiger partial charge in [-0.25, -0.2) is 4.79 Å². The molecule has 0 bridgehead atoms. The van der Waals surface area contributed by atoms with E-state index in [0.29, 0.717) is 47.1 Å². The largest absolute Gasteiger partial charge is 0.497 e. The molecule has 0 amide bonds. The number of esters is 2. The van der Waals surface area contributed by atoms with Gasteiger partial charge in [-0.2, -0.15) is 0 Å². The lowest BCUT2D eigenvalue weighted by Crippen LogP contribution is -2.43. The highest BCUT2D eigenvalue weighted by Crippen LogP contribution is 2.48. The summed E-state index contributed by atoms with van der Waals surface area (Å²) in [5.41, 5.74) is 2.45. The average molecular weight is 488 g/mol. The topological polar surface area (TPSA) is 109 Å². The van der Waals surface area contributed by atoms with Crippen LogP contribution in [0.5, 0.6) is 11.5 Å². The molecule has 0 aromatic heterocycles. The lowest BCUT2D eigenvalue weighted by atomic mass is 9.69. The molecule has 1 N–H and O–H groups in total. The number of hydrogen-bond donors (Lipinski definition) is 1. The Bertz CT molecular complexity index is 1060. The lowest BCUT2D eigenvalue weighted by molar-refractivity contribution is -0.151. The summed E-state index contributed by atoms with van der Waals surface area (Å²) < 4.78 is 26.7. The Balaban J connectivity index is 2.15. The first kappa shape index (κ1) is 26.3. The van der Waals surface area contributed by atoms with Gasteiger partial charge in [0.05, 0.1) is 39.4 Å². The SMILES string of the molecule is CCOCCOC(=O)C1=C(C)NC2=C(C(=O)[C@@H](C(=O)OC)[C@@H](C)C2)[C@@H]1c1ccc(OC)cc1OC. The molecule has 0 spiro atoms. The van der Waals surface area contributed by atoms with Gasteiger partial charge in [-0.1, -0.05) is 13.0 Å². The second-order valence-electron chi connectivity index (χ2n) is 8.48. The van der Waals surface area contributed by atoms with Gasteiger partial charge in [-0.05, 0) is 32.3 Å². The Labute approximate surface area is 205 Å². The Morgan fingerprint density at radius 1 is 1.11 bits per heavy atom. The minimum absolute atomic E-state index is 0.0671. The van der Waals surface area contributed by atoms with E-state index in [1.54, 1.807) is 25.1 Å². The molecular weight excluding hydrogens is 454 g/mol. The highest BCUT2D eigenvalue weighted by atomic mass is 16.6. The number of dihydropyridines is 1. The van der Waals surface area contributed by atoms with Crippen LogP contribution in [0.1, 0.15) is 38.7 Å². The van der Waals surface area contributed by atoms with Crippen molar-refractivity contribution in [3.63, 3.8) is 0 Å². The molecule has 9 heteroatoms. The number of methoxy groups -OCH3 is 3. The number of carbonyl (C=O) groups excluding carboxylic acids is 3. The van der Waals surface area contributed by atoms with Gasteiger partial charge in [0.2, 0.25) is 0 Å². The molecule has 0 fully saturated rings. The monoisotopic (exact) mass is 487 g/mol. The molecule has 1 aliphatic carbocycles. The Morgan fingerprint density at radius 3 is 2.49 bits per heavy atom. The van der Waals surface area contributed by atoms with Crippen molar-refractivity contribution in [3.8, 4) is 11.5 Å². The van der Waals surface area contributed by atoms with Crippen molar-refractivity contribution in [2.75, 3.05) is 41.2 Å². The molecule has 1 aromatic rings. The number of nitrogens with one attached hydrogen (secondary N) is 1. The number of allylic oxidation sites excluding steroid dienone is 3. The summed E-state index contributed by atoms with van der Waals surface area (Å²) in [6.07, 6.45) is 0.444. The first-order chi connectivity index (χ1) is 16.8. The summed E-state index contributed by atoms with van der Waals surface area (Å²) in [5, 5.41) is 3.24. The molecule has 2 aliphatic rings. The third kappa shape index (κ3) is 5.19. The summed E-state index contributed by atoms with van der Waals surface area (Å²) >= 11 is 0. The fraction of sp³-hybridized carbons (Fsp3) is 0.500. The number of hydrogen-bond acceptors (Lipinski definition) is 9. The molecular formula is C26H33NO8. The Morgan fingerprint density at radius 2 is 1.86 bits per heavy atom. The van der Waals surface area contributed by atoms with Crippen LogP contribution in [0, 0.1) is 11.8 Å². The Hall–Kier alpha value is -3.33. The van der Waals surface area contributed by atoms with Crippen molar-refractivity contribution in [1.29, 1.82) is 0 Å². The van der Waals surface area contributed by atoms with E-state index in [-0.39, 0.29) is 30.5 Å². The fourth-order valence-electron chi connectivity index (χ4n) is 4.73. The van der Waals surface area contributed by atoms with E-state index in [1.807, 2.05) is 13.8 Å². The van der Waals surface area contributed by atoms with Crippen LogP contribution in [0.3, 0.4) is 0 Å². The van der Waals surface area contributed by atoms with E-state index in [1.165, 1.54) is 21.3 Å². The first-order valence-corrected chi connectivity index (χ1v) is 11.6. The third-order valence-electron chi connectivity index (χ3n) is 6.38. The van der Waals surface area contributed by atoms with E-state index in [0.717, 1.165) is 0 Å². The zero-order chi connectivity index (χ0) is 25.7. The van der Waals surface area contributed by atoms with Gasteiger partial charge in [0, 0.05) is 35.2 Å². The zero-order valence-electron chi connectivity index (χ0n) is 21.1. The molecule has 35 heavy (non-hydrogen) atoms. The van der Waals surface area contributed by atoms with Crippen LogP contribution in [-0.4, -0.2) is 58.9 Å².